The zero-order chi connectivity index (χ0) is 11.8. The molecule has 1 aromatic rings. The summed E-state index contributed by atoms with van der Waals surface area (Å²) in [6, 6.07) is 1.89. The highest BCUT2D eigenvalue weighted by atomic mass is 16.2. The summed E-state index contributed by atoms with van der Waals surface area (Å²) in [5, 5.41) is 3.08. The molecule has 1 N–H and O–H groups in total. The Morgan fingerprint density at radius 1 is 1.50 bits per heavy atom. The number of carbonyl (C=O) groups is 1. The van der Waals surface area contributed by atoms with Crippen LogP contribution in [0.5, 0.6) is 0 Å². The molecule has 1 saturated carbocycles. The Bertz CT molecular complexity index is 410. The maximum atomic E-state index is 11.7. The zero-order valence-corrected chi connectivity index (χ0v) is 9.95. The molecule has 0 spiro atoms. The smallest absolute Gasteiger partial charge is 0.223 e. The van der Waals surface area contributed by atoms with Crippen molar-refractivity contribution in [2.75, 3.05) is 0 Å². The second-order valence-corrected chi connectivity index (χ2v) is 4.72. The van der Waals surface area contributed by atoms with Gasteiger partial charge in [-0.1, -0.05) is 13.8 Å². The van der Waals surface area contributed by atoms with Crippen molar-refractivity contribution in [3.8, 4) is 0 Å². The van der Waals surface area contributed by atoms with Gasteiger partial charge in [-0.2, -0.15) is 0 Å². The number of hydrogen-bond acceptors (Lipinski definition) is 3. The zero-order valence-electron chi connectivity index (χ0n) is 9.95. The number of carbonyl (C=O) groups excluding carboxylic acids is 1. The fourth-order valence-corrected chi connectivity index (χ4v) is 1.67. The lowest BCUT2D eigenvalue weighted by molar-refractivity contribution is -0.125. The second kappa shape index (κ2) is 3.85. The first-order valence-electron chi connectivity index (χ1n) is 5.66. The van der Waals surface area contributed by atoms with Gasteiger partial charge < -0.3 is 5.32 Å². The molecule has 0 atom stereocenters. The van der Waals surface area contributed by atoms with Gasteiger partial charge in [-0.15, -0.1) is 0 Å². The molecule has 0 unspecified atom stereocenters. The quantitative estimate of drug-likeness (QED) is 0.839. The van der Waals surface area contributed by atoms with E-state index in [2.05, 4.69) is 15.3 Å². The molecule has 1 aromatic heterocycles. The van der Waals surface area contributed by atoms with Crippen LogP contribution in [0.3, 0.4) is 0 Å². The van der Waals surface area contributed by atoms with Gasteiger partial charge in [0.05, 0.1) is 11.2 Å². The maximum Gasteiger partial charge on any atom is 0.223 e. The minimum atomic E-state index is -0.213. The van der Waals surface area contributed by atoms with Crippen molar-refractivity contribution in [1.82, 2.24) is 15.3 Å². The molecule has 1 fully saturated rings. The van der Waals surface area contributed by atoms with Crippen molar-refractivity contribution < 1.29 is 4.79 Å². The molecule has 0 aromatic carbocycles. The molecule has 1 amide bonds. The number of hydrogen-bond donors (Lipinski definition) is 1. The molecule has 0 radical (unpaired) electrons. The van der Waals surface area contributed by atoms with Gasteiger partial charge >= 0.3 is 0 Å². The van der Waals surface area contributed by atoms with Crippen LogP contribution in [-0.2, 0) is 10.3 Å². The number of rotatable bonds is 3. The van der Waals surface area contributed by atoms with E-state index in [9.17, 15) is 4.79 Å². The van der Waals surface area contributed by atoms with Gasteiger partial charge in [-0.25, -0.2) is 9.97 Å². The topological polar surface area (TPSA) is 54.9 Å². The lowest BCUT2D eigenvalue weighted by Crippen LogP contribution is -2.38. The molecule has 0 bridgehead atoms. The van der Waals surface area contributed by atoms with Crippen LogP contribution in [0.1, 0.15) is 38.2 Å². The first-order chi connectivity index (χ1) is 7.53. The molecule has 1 heterocycles. The average Bonchev–Trinajstić information content (AvgIpc) is 2.99. The highest BCUT2D eigenvalue weighted by Crippen LogP contribution is 2.44. The van der Waals surface area contributed by atoms with Crippen LogP contribution in [0.15, 0.2) is 12.3 Å². The number of aromatic nitrogens is 2. The predicted octanol–water partition coefficient (Wildman–Crippen LogP) is 1.55. The standard InChI is InChI=1S/C12H17N3O/c1-8(2)11(16)15-12(5-6-12)10-4-7-13-9(3)14-10/h4,7-8H,5-6H2,1-3H3,(H,15,16). The minimum Gasteiger partial charge on any atom is -0.345 e. The van der Waals surface area contributed by atoms with Gasteiger partial charge in [0.25, 0.3) is 0 Å². The number of nitrogens with one attached hydrogen (secondary N) is 1. The van der Waals surface area contributed by atoms with E-state index in [0.717, 1.165) is 24.4 Å². The Hall–Kier alpha value is -1.45. The van der Waals surface area contributed by atoms with Gasteiger partial charge in [-0.05, 0) is 25.8 Å². The van der Waals surface area contributed by atoms with Gasteiger partial charge in [0.2, 0.25) is 5.91 Å². The molecule has 86 valence electrons. The molecule has 4 nitrogen and oxygen atoms in total. The number of aryl methyl sites for hydroxylation is 1. The normalized spacial score (nSPS) is 17.2. The molecule has 1 aliphatic carbocycles. The summed E-state index contributed by atoms with van der Waals surface area (Å²) in [4.78, 5) is 20.2. The average molecular weight is 219 g/mol. The highest BCUT2D eigenvalue weighted by Gasteiger charge is 2.47. The van der Waals surface area contributed by atoms with E-state index in [0.29, 0.717) is 0 Å². The van der Waals surface area contributed by atoms with E-state index in [-0.39, 0.29) is 17.4 Å². The first kappa shape index (κ1) is 11.0. The van der Waals surface area contributed by atoms with Crippen LogP contribution < -0.4 is 5.32 Å². The lowest BCUT2D eigenvalue weighted by Gasteiger charge is -2.18. The van der Waals surface area contributed by atoms with Gasteiger partial charge in [-0.3, -0.25) is 4.79 Å². The first-order valence-corrected chi connectivity index (χ1v) is 5.66. The SMILES string of the molecule is Cc1nccc(C2(NC(=O)C(C)C)CC2)n1. The van der Waals surface area contributed by atoms with E-state index in [1.165, 1.54) is 0 Å². The fraction of sp³-hybridized carbons (Fsp3) is 0.583. The van der Waals surface area contributed by atoms with Gasteiger partial charge in [0.15, 0.2) is 0 Å². The molecule has 0 aliphatic heterocycles. The molecule has 0 saturated heterocycles. The van der Waals surface area contributed by atoms with Gasteiger partial charge in [0, 0.05) is 12.1 Å². The summed E-state index contributed by atoms with van der Waals surface area (Å²) >= 11 is 0. The summed E-state index contributed by atoms with van der Waals surface area (Å²) in [6.07, 6.45) is 3.70. The monoisotopic (exact) mass is 219 g/mol. The third-order valence-electron chi connectivity index (χ3n) is 2.90. The maximum absolute atomic E-state index is 11.7. The third kappa shape index (κ3) is 2.05. The Balaban J connectivity index is 2.17. The van der Waals surface area contributed by atoms with Crippen LogP contribution in [-0.4, -0.2) is 15.9 Å². The minimum absolute atomic E-state index is 0.0143. The summed E-state index contributed by atoms with van der Waals surface area (Å²) in [5.41, 5.74) is 0.726. The Morgan fingerprint density at radius 2 is 2.19 bits per heavy atom. The molecule has 2 rings (SSSR count). The van der Waals surface area contributed by atoms with Crippen LogP contribution in [0, 0.1) is 12.8 Å². The Labute approximate surface area is 95.5 Å². The summed E-state index contributed by atoms with van der Waals surface area (Å²) < 4.78 is 0. The fourth-order valence-electron chi connectivity index (χ4n) is 1.67. The largest absolute Gasteiger partial charge is 0.345 e. The van der Waals surface area contributed by atoms with Crippen molar-refractivity contribution in [3.05, 3.63) is 23.8 Å². The van der Waals surface area contributed by atoms with Crippen molar-refractivity contribution in [2.45, 2.75) is 39.2 Å². The summed E-state index contributed by atoms with van der Waals surface area (Å²) in [5.74, 6) is 0.858. The van der Waals surface area contributed by atoms with Crippen LogP contribution in [0.25, 0.3) is 0 Å². The second-order valence-electron chi connectivity index (χ2n) is 4.72. The molecule has 16 heavy (non-hydrogen) atoms. The van der Waals surface area contributed by atoms with Crippen LogP contribution in [0.4, 0.5) is 0 Å². The van der Waals surface area contributed by atoms with Crippen molar-refractivity contribution in [1.29, 1.82) is 0 Å². The van der Waals surface area contributed by atoms with E-state index >= 15 is 0 Å². The Morgan fingerprint density at radius 3 is 2.69 bits per heavy atom. The third-order valence-corrected chi connectivity index (χ3v) is 2.90. The molecular weight excluding hydrogens is 202 g/mol. The molecule has 4 heteroatoms. The Kier molecular flexibility index (Phi) is 2.66. The van der Waals surface area contributed by atoms with Gasteiger partial charge in [0.1, 0.15) is 5.82 Å². The number of nitrogens with zero attached hydrogens (tertiary/aromatic N) is 2. The lowest BCUT2D eigenvalue weighted by atomic mass is 10.1. The molecule has 1 aliphatic rings. The van der Waals surface area contributed by atoms with E-state index in [1.807, 2.05) is 26.8 Å². The highest BCUT2D eigenvalue weighted by molar-refractivity contribution is 5.79. The van der Waals surface area contributed by atoms with Crippen molar-refractivity contribution >= 4 is 5.91 Å². The van der Waals surface area contributed by atoms with Crippen LogP contribution in [0.2, 0.25) is 0 Å². The summed E-state index contributed by atoms with van der Waals surface area (Å²) in [6.45, 7) is 5.66. The van der Waals surface area contributed by atoms with Crippen molar-refractivity contribution in [3.63, 3.8) is 0 Å². The summed E-state index contributed by atoms with van der Waals surface area (Å²) in [7, 11) is 0. The van der Waals surface area contributed by atoms with E-state index < -0.39 is 0 Å². The van der Waals surface area contributed by atoms with E-state index in [4.69, 9.17) is 0 Å². The van der Waals surface area contributed by atoms with Crippen LogP contribution >= 0.6 is 0 Å². The van der Waals surface area contributed by atoms with E-state index in [1.54, 1.807) is 6.20 Å². The number of amides is 1. The predicted molar refractivity (Wildman–Crippen MR) is 60.7 cm³/mol. The van der Waals surface area contributed by atoms with Crippen molar-refractivity contribution in [2.24, 2.45) is 5.92 Å². The molecular formula is C12H17N3O.